The third-order valence-corrected chi connectivity index (χ3v) is 7.15. The van der Waals surface area contributed by atoms with Gasteiger partial charge in [-0.15, -0.1) is 0 Å². The molecule has 3 aromatic carbocycles. The molecule has 5 rings (SSSR count). The number of aliphatic hydroxyl groups is 1. The Morgan fingerprint density at radius 1 is 1.00 bits per heavy atom. The SMILES string of the molecule is CCOc1ccc(Cc2cc([C@]34CC(OCc5ccccc5)C[C@](CO)(CO3)O4)ccc2Cl)cc1. The van der Waals surface area contributed by atoms with Gasteiger partial charge < -0.3 is 24.1 Å². The Hall–Kier alpha value is -2.41. The van der Waals surface area contributed by atoms with Crippen molar-refractivity contribution in [1.82, 2.24) is 0 Å². The fraction of sp³-hybridized carbons (Fsp3) is 0.379. The quantitative estimate of drug-likeness (QED) is 0.417. The first-order valence-electron chi connectivity index (χ1n) is 12.1. The lowest BCUT2D eigenvalue weighted by molar-refractivity contribution is -0.255. The van der Waals surface area contributed by atoms with Gasteiger partial charge in [0.1, 0.15) is 11.4 Å². The molecule has 35 heavy (non-hydrogen) atoms. The summed E-state index contributed by atoms with van der Waals surface area (Å²) in [5.74, 6) is -0.118. The van der Waals surface area contributed by atoms with Gasteiger partial charge in [-0.05, 0) is 54.3 Å². The lowest BCUT2D eigenvalue weighted by Crippen LogP contribution is -2.48. The number of benzene rings is 3. The van der Waals surface area contributed by atoms with E-state index in [1.807, 2.05) is 61.5 Å². The van der Waals surface area contributed by atoms with E-state index in [4.69, 9.17) is 30.5 Å². The van der Waals surface area contributed by atoms with Gasteiger partial charge in [-0.25, -0.2) is 0 Å². The van der Waals surface area contributed by atoms with Crippen LogP contribution in [0.3, 0.4) is 0 Å². The smallest absolute Gasteiger partial charge is 0.198 e. The van der Waals surface area contributed by atoms with Crippen molar-refractivity contribution in [2.24, 2.45) is 0 Å². The van der Waals surface area contributed by atoms with E-state index in [2.05, 4.69) is 18.2 Å². The predicted molar refractivity (Wildman–Crippen MR) is 135 cm³/mol. The second kappa shape index (κ2) is 10.3. The van der Waals surface area contributed by atoms with Crippen LogP contribution in [0.15, 0.2) is 72.8 Å². The highest BCUT2D eigenvalue weighted by atomic mass is 35.5. The Morgan fingerprint density at radius 3 is 2.54 bits per heavy atom. The second-order valence-corrected chi connectivity index (χ2v) is 9.78. The van der Waals surface area contributed by atoms with E-state index in [0.29, 0.717) is 44.1 Å². The molecule has 2 aliphatic rings. The van der Waals surface area contributed by atoms with Gasteiger partial charge in [0.2, 0.25) is 0 Å². The van der Waals surface area contributed by atoms with Crippen LogP contribution in [-0.2, 0) is 33.0 Å². The normalized spacial score (nSPS) is 25.5. The van der Waals surface area contributed by atoms with Crippen LogP contribution in [0, 0.1) is 0 Å². The monoisotopic (exact) mass is 494 g/mol. The summed E-state index contributed by atoms with van der Waals surface area (Å²) >= 11 is 6.59. The van der Waals surface area contributed by atoms with E-state index < -0.39 is 11.4 Å². The van der Waals surface area contributed by atoms with E-state index in [9.17, 15) is 5.11 Å². The first-order valence-corrected chi connectivity index (χ1v) is 12.5. The van der Waals surface area contributed by atoms with E-state index in [1.165, 1.54) is 0 Å². The van der Waals surface area contributed by atoms with Crippen LogP contribution in [0.2, 0.25) is 5.02 Å². The molecule has 5 nitrogen and oxygen atoms in total. The van der Waals surface area contributed by atoms with Crippen molar-refractivity contribution < 1.29 is 24.1 Å². The van der Waals surface area contributed by atoms with Gasteiger partial charge in [-0.3, -0.25) is 0 Å². The maximum Gasteiger partial charge on any atom is 0.198 e. The van der Waals surface area contributed by atoms with Crippen molar-refractivity contribution >= 4 is 11.6 Å². The molecule has 0 aromatic heterocycles. The summed E-state index contributed by atoms with van der Waals surface area (Å²) in [6.45, 7) is 3.32. The molecule has 3 aromatic rings. The zero-order valence-corrected chi connectivity index (χ0v) is 20.7. The summed E-state index contributed by atoms with van der Waals surface area (Å²) in [5.41, 5.74) is 3.36. The zero-order chi connectivity index (χ0) is 24.3. The Labute approximate surface area is 211 Å². The van der Waals surface area contributed by atoms with Crippen LogP contribution in [-0.4, -0.2) is 36.6 Å². The fourth-order valence-electron chi connectivity index (χ4n) is 4.99. The number of hydrogen-bond acceptors (Lipinski definition) is 5. The number of rotatable bonds is 9. The summed E-state index contributed by atoms with van der Waals surface area (Å²) in [6, 6.07) is 24.1. The van der Waals surface area contributed by atoms with Gasteiger partial charge >= 0.3 is 0 Å². The molecule has 2 bridgehead atoms. The molecule has 1 unspecified atom stereocenters. The Bertz CT molecular complexity index is 1140. The molecule has 1 N–H and O–H groups in total. The predicted octanol–water partition coefficient (Wildman–Crippen LogP) is 5.64. The van der Waals surface area contributed by atoms with Crippen LogP contribution < -0.4 is 4.74 Å². The number of halogens is 1. The molecule has 2 aliphatic heterocycles. The molecule has 2 saturated heterocycles. The van der Waals surface area contributed by atoms with Crippen LogP contribution in [0.5, 0.6) is 5.75 Å². The molecule has 2 fully saturated rings. The number of ether oxygens (including phenoxy) is 4. The van der Waals surface area contributed by atoms with Gasteiger partial charge in [0, 0.05) is 23.4 Å². The Balaban J connectivity index is 1.37. The highest BCUT2D eigenvalue weighted by Crippen LogP contribution is 2.50. The van der Waals surface area contributed by atoms with Crippen LogP contribution in [0.25, 0.3) is 0 Å². The summed E-state index contributed by atoms with van der Waals surface area (Å²) in [4.78, 5) is 0. The lowest BCUT2D eigenvalue weighted by Gasteiger charge is -2.41. The molecule has 0 spiro atoms. The lowest BCUT2D eigenvalue weighted by atomic mass is 9.87. The fourth-order valence-corrected chi connectivity index (χ4v) is 5.18. The minimum absolute atomic E-state index is 0.108. The van der Waals surface area contributed by atoms with E-state index in [0.717, 1.165) is 28.0 Å². The van der Waals surface area contributed by atoms with E-state index in [-0.39, 0.29) is 12.7 Å². The maximum absolute atomic E-state index is 10.2. The molecule has 0 aliphatic carbocycles. The molecule has 184 valence electrons. The highest BCUT2D eigenvalue weighted by Gasteiger charge is 2.57. The molecule has 2 heterocycles. The zero-order valence-electron chi connectivity index (χ0n) is 19.9. The largest absolute Gasteiger partial charge is 0.494 e. The number of fused-ring (bicyclic) bond motifs is 2. The maximum atomic E-state index is 10.2. The van der Waals surface area contributed by atoms with Crippen molar-refractivity contribution in [1.29, 1.82) is 0 Å². The third kappa shape index (κ3) is 5.25. The third-order valence-electron chi connectivity index (χ3n) is 6.78. The molecule has 3 atom stereocenters. The van der Waals surface area contributed by atoms with Gasteiger partial charge in [0.15, 0.2) is 5.79 Å². The summed E-state index contributed by atoms with van der Waals surface area (Å²) in [7, 11) is 0. The first-order chi connectivity index (χ1) is 17.0. The molecule has 0 saturated carbocycles. The van der Waals surface area contributed by atoms with E-state index in [1.54, 1.807) is 0 Å². The van der Waals surface area contributed by atoms with Crippen molar-refractivity contribution in [3.63, 3.8) is 0 Å². The molecular weight excluding hydrogens is 464 g/mol. The van der Waals surface area contributed by atoms with Crippen molar-refractivity contribution in [2.45, 2.75) is 50.3 Å². The summed E-state index contributed by atoms with van der Waals surface area (Å²) in [5, 5.41) is 10.9. The summed E-state index contributed by atoms with van der Waals surface area (Å²) in [6.07, 6.45) is 1.70. The van der Waals surface area contributed by atoms with Crippen molar-refractivity contribution in [3.8, 4) is 5.75 Å². The van der Waals surface area contributed by atoms with Gasteiger partial charge in [-0.2, -0.15) is 0 Å². The topological polar surface area (TPSA) is 57.2 Å². The minimum atomic E-state index is -0.972. The number of hydrogen-bond donors (Lipinski definition) is 1. The summed E-state index contributed by atoms with van der Waals surface area (Å²) < 4.78 is 24.6. The average Bonchev–Trinajstić information content (AvgIpc) is 3.18. The molecule has 0 amide bonds. The van der Waals surface area contributed by atoms with Crippen LogP contribution in [0.1, 0.15) is 42.0 Å². The minimum Gasteiger partial charge on any atom is -0.494 e. The van der Waals surface area contributed by atoms with Crippen molar-refractivity contribution in [3.05, 3.63) is 100 Å². The van der Waals surface area contributed by atoms with E-state index >= 15 is 0 Å². The van der Waals surface area contributed by atoms with Gasteiger partial charge in [-0.1, -0.05) is 60.1 Å². The standard InChI is InChI=1S/C29H31ClO5/c1-2-32-25-11-8-21(9-12-25)14-23-15-24(10-13-27(23)30)29-17-26(16-28(19-31,35-29)20-34-29)33-18-22-6-4-3-5-7-22/h3-13,15,26,31H,2,14,16-20H2,1H3/t26?,28-,29+/m0/s1. The number of aliphatic hydroxyl groups excluding tert-OH is 1. The molecular formula is C29H31ClO5. The van der Waals surface area contributed by atoms with Crippen molar-refractivity contribution in [2.75, 3.05) is 19.8 Å². The van der Waals surface area contributed by atoms with Crippen LogP contribution >= 0.6 is 11.6 Å². The van der Waals surface area contributed by atoms with Gasteiger partial charge in [0.05, 0.1) is 32.5 Å². The average molecular weight is 495 g/mol. The Morgan fingerprint density at radius 2 is 1.80 bits per heavy atom. The molecule has 6 heteroatoms. The highest BCUT2D eigenvalue weighted by molar-refractivity contribution is 6.31. The second-order valence-electron chi connectivity index (χ2n) is 9.37. The first kappa shape index (κ1) is 24.3. The molecule has 0 radical (unpaired) electrons. The van der Waals surface area contributed by atoms with Crippen LogP contribution in [0.4, 0.5) is 0 Å². The van der Waals surface area contributed by atoms with Gasteiger partial charge in [0.25, 0.3) is 0 Å². The Kier molecular flexibility index (Phi) is 7.14.